The second-order valence-electron chi connectivity index (χ2n) is 17.4. The highest BCUT2D eigenvalue weighted by Crippen LogP contribution is 2.13. The molecule has 0 aliphatic carbocycles. The van der Waals surface area contributed by atoms with Crippen LogP contribution in [0.5, 0.6) is 0 Å². The molecule has 0 aliphatic heterocycles. The molecule has 67 heavy (non-hydrogen) atoms. The topological polar surface area (TPSA) is 78.9 Å². The zero-order valence-corrected chi connectivity index (χ0v) is 43.1. The molecular formula is C61H98O6. The van der Waals surface area contributed by atoms with Gasteiger partial charge in [-0.2, -0.15) is 0 Å². The summed E-state index contributed by atoms with van der Waals surface area (Å²) in [7, 11) is 0. The van der Waals surface area contributed by atoms with Crippen molar-refractivity contribution in [2.75, 3.05) is 13.2 Å². The van der Waals surface area contributed by atoms with E-state index in [9.17, 15) is 14.4 Å². The Labute approximate surface area is 412 Å². The van der Waals surface area contributed by atoms with E-state index >= 15 is 0 Å². The third kappa shape index (κ3) is 52.6. The van der Waals surface area contributed by atoms with Gasteiger partial charge in [-0.1, -0.05) is 206 Å². The summed E-state index contributed by atoms with van der Waals surface area (Å²) in [5.74, 6) is -0.998. The number of allylic oxidation sites excluding steroid dienone is 20. The van der Waals surface area contributed by atoms with Crippen molar-refractivity contribution in [2.24, 2.45) is 0 Å². The minimum atomic E-state index is -0.816. The molecule has 0 rings (SSSR count). The molecule has 0 fully saturated rings. The zero-order chi connectivity index (χ0) is 48.6. The number of ether oxygens (including phenoxy) is 3. The maximum Gasteiger partial charge on any atom is 0.306 e. The molecule has 0 saturated heterocycles. The molecular weight excluding hydrogens is 829 g/mol. The monoisotopic (exact) mass is 927 g/mol. The van der Waals surface area contributed by atoms with Crippen LogP contribution < -0.4 is 0 Å². The molecule has 6 nitrogen and oxygen atoms in total. The molecule has 0 amide bonds. The van der Waals surface area contributed by atoms with Crippen LogP contribution in [-0.2, 0) is 28.6 Å². The fraction of sp³-hybridized carbons (Fsp3) is 0.623. The Bertz CT molecular complexity index is 1440. The lowest BCUT2D eigenvalue weighted by Crippen LogP contribution is -2.30. The second kappa shape index (κ2) is 54.4. The van der Waals surface area contributed by atoms with E-state index in [0.29, 0.717) is 19.3 Å². The number of carbonyl (C=O) groups is 3. The fourth-order valence-electron chi connectivity index (χ4n) is 6.93. The van der Waals surface area contributed by atoms with Gasteiger partial charge in [-0.3, -0.25) is 14.4 Å². The molecule has 0 spiro atoms. The maximum atomic E-state index is 12.8. The van der Waals surface area contributed by atoms with E-state index < -0.39 is 6.10 Å². The highest BCUT2D eigenvalue weighted by molar-refractivity contribution is 5.71. The summed E-state index contributed by atoms with van der Waals surface area (Å²) in [5, 5.41) is 0. The van der Waals surface area contributed by atoms with Crippen LogP contribution >= 0.6 is 0 Å². The first-order valence-electron chi connectivity index (χ1n) is 27.0. The van der Waals surface area contributed by atoms with Gasteiger partial charge in [0.2, 0.25) is 0 Å². The first kappa shape index (κ1) is 62.8. The number of carbonyl (C=O) groups excluding carboxylic acids is 3. The van der Waals surface area contributed by atoms with Crippen LogP contribution in [0.3, 0.4) is 0 Å². The Morgan fingerprint density at radius 1 is 0.313 bits per heavy atom. The van der Waals surface area contributed by atoms with E-state index in [-0.39, 0.29) is 37.5 Å². The first-order chi connectivity index (χ1) is 33.0. The Hall–Kier alpha value is -4.19. The van der Waals surface area contributed by atoms with E-state index in [1.165, 1.54) is 44.9 Å². The van der Waals surface area contributed by atoms with Gasteiger partial charge in [0.25, 0.3) is 0 Å². The molecule has 0 aromatic carbocycles. The van der Waals surface area contributed by atoms with Gasteiger partial charge < -0.3 is 14.2 Å². The standard InChI is InChI=1S/C61H98O6/c1-4-7-10-13-16-19-22-25-28-30-33-36-39-42-45-48-51-54-60(63)66-57-58(56-65-59(62)53-50-47-44-41-38-35-32-27-24-21-18-15-12-9-6-3)67-61(64)55-52-49-46-43-40-37-34-31-29-26-23-20-17-14-11-8-5-2/h7-8,10-11,16-21,25-29,32-33,36,42,45,58H,4-6,9,12-15,22-24,30-31,34-35,37-41,43-44,46-57H2,1-3H3/b10-7-,11-8-,19-16-,20-17-,21-18-,28-25-,29-26-,32-27-,36-33-,45-42-. The second-order valence-corrected chi connectivity index (χ2v) is 17.4. The normalized spacial score (nSPS) is 13.1. The summed E-state index contributed by atoms with van der Waals surface area (Å²) in [6.45, 7) is 6.31. The average molecular weight is 927 g/mol. The zero-order valence-electron chi connectivity index (χ0n) is 43.1. The SMILES string of the molecule is CC/C=C\C/C=C\C/C=C\C/C=C\C/C=C\CCCC(=O)OCC(COC(=O)CCCCCCC/C=C\C/C=C\CCCCC)OC(=O)CCCCCCCCC/C=C\C/C=C\C/C=C\CC. The molecule has 1 unspecified atom stereocenters. The molecule has 0 bridgehead atoms. The highest BCUT2D eigenvalue weighted by atomic mass is 16.6. The molecule has 0 N–H and O–H groups in total. The molecule has 6 heteroatoms. The molecule has 0 radical (unpaired) electrons. The molecule has 0 aromatic rings. The van der Waals surface area contributed by atoms with Crippen molar-refractivity contribution >= 4 is 17.9 Å². The van der Waals surface area contributed by atoms with Gasteiger partial charge in [0.05, 0.1) is 0 Å². The van der Waals surface area contributed by atoms with Crippen LogP contribution in [-0.4, -0.2) is 37.2 Å². The van der Waals surface area contributed by atoms with Crippen LogP contribution in [0.4, 0.5) is 0 Å². The number of unbranched alkanes of at least 4 members (excludes halogenated alkanes) is 16. The van der Waals surface area contributed by atoms with E-state index in [0.717, 1.165) is 135 Å². The largest absolute Gasteiger partial charge is 0.462 e. The van der Waals surface area contributed by atoms with E-state index in [1.54, 1.807) is 0 Å². The highest BCUT2D eigenvalue weighted by Gasteiger charge is 2.19. The predicted molar refractivity (Wildman–Crippen MR) is 288 cm³/mol. The fourth-order valence-corrected chi connectivity index (χ4v) is 6.93. The Morgan fingerprint density at radius 2 is 0.597 bits per heavy atom. The lowest BCUT2D eigenvalue weighted by atomic mass is 10.1. The van der Waals surface area contributed by atoms with Crippen LogP contribution in [0, 0.1) is 0 Å². The quantitative estimate of drug-likeness (QED) is 0.0262. The van der Waals surface area contributed by atoms with Gasteiger partial charge in [-0.05, 0) is 122 Å². The molecule has 0 heterocycles. The van der Waals surface area contributed by atoms with Crippen LogP contribution in [0.25, 0.3) is 0 Å². The predicted octanol–water partition coefficient (Wildman–Crippen LogP) is 18.1. The van der Waals surface area contributed by atoms with Gasteiger partial charge in [0.15, 0.2) is 6.10 Å². The first-order valence-corrected chi connectivity index (χ1v) is 27.0. The number of rotatable bonds is 47. The van der Waals surface area contributed by atoms with Crippen molar-refractivity contribution in [1.29, 1.82) is 0 Å². The Balaban J connectivity index is 4.54. The lowest BCUT2D eigenvalue weighted by molar-refractivity contribution is -0.167. The Morgan fingerprint density at radius 3 is 0.970 bits per heavy atom. The summed E-state index contributed by atoms with van der Waals surface area (Å²) >= 11 is 0. The van der Waals surface area contributed by atoms with Crippen LogP contribution in [0.1, 0.15) is 226 Å². The lowest BCUT2D eigenvalue weighted by Gasteiger charge is -2.18. The smallest absolute Gasteiger partial charge is 0.306 e. The van der Waals surface area contributed by atoms with E-state index in [4.69, 9.17) is 14.2 Å². The molecule has 0 saturated carbocycles. The molecule has 0 aliphatic rings. The van der Waals surface area contributed by atoms with E-state index in [1.807, 2.05) is 0 Å². The average Bonchev–Trinajstić information content (AvgIpc) is 3.33. The number of esters is 3. The number of hydrogen-bond donors (Lipinski definition) is 0. The van der Waals surface area contributed by atoms with Crippen molar-refractivity contribution in [3.8, 4) is 0 Å². The minimum Gasteiger partial charge on any atom is -0.462 e. The van der Waals surface area contributed by atoms with Gasteiger partial charge in [0.1, 0.15) is 13.2 Å². The van der Waals surface area contributed by atoms with Crippen molar-refractivity contribution in [2.45, 2.75) is 232 Å². The summed E-state index contributed by atoms with van der Waals surface area (Å²) < 4.78 is 16.8. The van der Waals surface area contributed by atoms with Gasteiger partial charge in [-0.15, -0.1) is 0 Å². The summed E-state index contributed by atoms with van der Waals surface area (Å²) in [6.07, 6.45) is 74.7. The van der Waals surface area contributed by atoms with E-state index in [2.05, 4.69) is 142 Å². The Kier molecular flexibility index (Phi) is 51.0. The molecule has 378 valence electrons. The third-order valence-electron chi connectivity index (χ3n) is 10.9. The minimum absolute atomic E-state index is 0.110. The van der Waals surface area contributed by atoms with Crippen molar-refractivity contribution in [3.63, 3.8) is 0 Å². The number of hydrogen-bond acceptors (Lipinski definition) is 6. The third-order valence-corrected chi connectivity index (χ3v) is 10.9. The summed E-state index contributed by atoms with van der Waals surface area (Å²) in [6, 6.07) is 0. The van der Waals surface area contributed by atoms with Crippen LogP contribution in [0.15, 0.2) is 122 Å². The van der Waals surface area contributed by atoms with Crippen LogP contribution in [0.2, 0.25) is 0 Å². The summed E-state index contributed by atoms with van der Waals surface area (Å²) in [4.78, 5) is 38.1. The van der Waals surface area contributed by atoms with Gasteiger partial charge in [-0.25, -0.2) is 0 Å². The van der Waals surface area contributed by atoms with Crippen molar-refractivity contribution in [3.05, 3.63) is 122 Å². The molecule has 1 atom stereocenters. The van der Waals surface area contributed by atoms with Crippen molar-refractivity contribution in [1.82, 2.24) is 0 Å². The maximum absolute atomic E-state index is 12.8. The molecule has 0 aromatic heterocycles. The van der Waals surface area contributed by atoms with Gasteiger partial charge >= 0.3 is 17.9 Å². The van der Waals surface area contributed by atoms with Gasteiger partial charge in [0, 0.05) is 19.3 Å². The van der Waals surface area contributed by atoms with Crippen molar-refractivity contribution < 1.29 is 28.6 Å². The summed E-state index contributed by atoms with van der Waals surface area (Å²) in [5.41, 5.74) is 0.